The smallest absolute Gasteiger partial charge is 0.218 e. The van der Waals surface area contributed by atoms with Crippen LogP contribution in [0.3, 0.4) is 0 Å². The number of hydrogen-bond donors (Lipinski definition) is 1. The molecule has 0 fully saturated rings. The van der Waals surface area contributed by atoms with Crippen molar-refractivity contribution in [1.29, 1.82) is 0 Å². The molecule has 148 valence electrons. The normalized spacial score (nSPS) is 11.6. The van der Waals surface area contributed by atoms with Crippen LogP contribution >= 0.6 is 11.8 Å². The van der Waals surface area contributed by atoms with Gasteiger partial charge in [0.05, 0.1) is 16.1 Å². The van der Waals surface area contributed by atoms with Crippen LogP contribution in [0, 0.1) is 6.92 Å². The van der Waals surface area contributed by atoms with Crippen LogP contribution in [0.2, 0.25) is 0 Å². The summed E-state index contributed by atoms with van der Waals surface area (Å²) in [5.74, 6) is 7.60. The Bertz CT molecular complexity index is 1210. The molecule has 9 heteroatoms. The maximum absolute atomic E-state index is 12.7. The molecule has 0 aliphatic rings. The third-order valence-corrected chi connectivity index (χ3v) is 7.14. The molecule has 2 N–H and O–H groups in total. The summed E-state index contributed by atoms with van der Waals surface area (Å²) >= 11 is 1.40. The Hall–Kier alpha value is -3.04. The van der Waals surface area contributed by atoms with Crippen LogP contribution in [-0.4, -0.2) is 23.3 Å². The molecule has 2 aromatic carbocycles. The highest BCUT2D eigenvalue weighted by Crippen LogP contribution is 2.26. The zero-order chi connectivity index (χ0) is 20.4. The number of nitrogens with two attached hydrogens (primary N) is 1. The molecule has 0 aliphatic heterocycles. The van der Waals surface area contributed by atoms with Crippen molar-refractivity contribution in [3.8, 4) is 11.6 Å². The van der Waals surface area contributed by atoms with E-state index in [1.165, 1.54) is 16.4 Å². The summed E-state index contributed by atoms with van der Waals surface area (Å²) in [6.45, 7) is 1.92. The second kappa shape index (κ2) is 7.76. The number of rotatable bonds is 6. The van der Waals surface area contributed by atoms with Gasteiger partial charge in [0.25, 0.3) is 0 Å². The molecular formula is C20H18N4O3S2. The van der Waals surface area contributed by atoms with Crippen molar-refractivity contribution in [1.82, 2.24) is 14.9 Å². The van der Waals surface area contributed by atoms with Gasteiger partial charge in [-0.25, -0.2) is 13.1 Å². The fourth-order valence-corrected chi connectivity index (χ4v) is 4.79. The van der Waals surface area contributed by atoms with Gasteiger partial charge in [-0.15, -0.1) is 10.2 Å². The van der Waals surface area contributed by atoms with Gasteiger partial charge in [0.1, 0.15) is 0 Å². The topological polar surface area (TPSA) is 104 Å². The van der Waals surface area contributed by atoms with Crippen molar-refractivity contribution in [2.45, 2.75) is 27.6 Å². The highest BCUT2D eigenvalue weighted by Gasteiger charge is 2.18. The Morgan fingerprint density at radius 3 is 2.28 bits per heavy atom. The number of nitrogen functional groups attached to an aromatic ring is 1. The number of aryl methyl sites for hydroxylation is 1. The lowest BCUT2D eigenvalue weighted by Crippen LogP contribution is -2.11. The molecule has 0 aliphatic carbocycles. The molecule has 0 unspecified atom stereocenters. The Kier molecular flexibility index (Phi) is 5.16. The van der Waals surface area contributed by atoms with Crippen molar-refractivity contribution in [3.63, 3.8) is 0 Å². The number of sulfone groups is 1. The van der Waals surface area contributed by atoms with Crippen LogP contribution in [0.25, 0.3) is 11.6 Å². The summed E-state index contributed by atoms with van der Waals surface area (Å²) in [6, 6.07) is 17.2. The van der Waals surface area contributed by atoms with Gasteiger partial charge >= 0.3 is 0 Å². The SMILES string of the molecule is Cc1ccc(S(=O)(=O)c2ccc(CSc3nnc(-c4ccco4)n3N)cc2)cc1. The van der Waals surface area contributed by atoms with E-state index in [-0.39, 0.29) is 9.79 Å². The van der Waals surface area contributed by atoms with E-state index in [4.69, 9.17) is 10.3 Å². The van der Waals surface area contributed by atoms with Crippen LogP contribution < -0.4 is 5.84 Å². The molecule has 0 atom stereocenters. The van der Waals surface area contributed by atoms with E-state index in [1.54, 1.807) is 66.9 Å². The van der Waals surface area contributed by atoms with Gasteiger partial charge < -0.3 is 10.3 Å². The molecule has 29 heavy (non-hydrogen) atoms. The predicted octanol–water partition coefficient (Wildman–Crippen LogP) is 3.69. The van der Waals surface area contributed by atoms with Gasteiger partial charge in [0.15, 0.2) is 5.76 Å². The molecule has 4 rings (SSSR count). The van der Waals surface area contributed by atoms with Gasteiger partial charge in [-0.3, -0.25) is 0 Å². The van der Waals surface area contributed by atoms with E-state index >= 15 is 0 Å². The molecule has 0 spiro atoms. The summed E-state index contributed by atoms with van der Waals surface area (Å²) in [4.78, 5) is 0.545. The van der Waals surface area contributed by atoms with Crippen molar-refractivity contribution < 1.29 is 12.8 Å². The van der Waals surface area contributed by atoms with E-state index < -0.39 is 9.84 Å². The van der Waals surface area contributed by atoms with E-state index in [2.05, 4.69) is 10.2 Å². The molecule has 0 saturated heterocycles. The Morgan fingerprint density at radius 1 is 1.00 bits per heavy atom. The second-order valence-electron chi connectivity index (χ2n) is 6.40. The molecule has 0 radical (unpaired) electrons. The quantitative estimate of drug-likeness (QED) is 0.370. The predicted molar refractivity (Wildman–Crippen MR) is 111 cm³/mol. The summed E-state index contributed by atoms with van der Waals surface area (Å²) in [7, 11) is -3.53. The summed E-state index contributed by atoms with van der Waals surface area (Å²) in [5.41, 5.74) is 1.96. The highest BCUT2D eigenvalue weighted by molar-refractivity contribution is 7.98. The Labute approximate surface area is 172 Å². The minimum absolute atomic E-state index is 0.261. The zero-order valence-corrected chi connectivity index (χ0v) is 17.2. The molecule has 7 nitrogen and oxygen atoms in total. The maximum atomic E-state index is 12.7. The average molecular weight is 427 g/mol. The number of nitrogens with zero attached hydrogens (tertiary/aromatic N) is 3. The van der Waals surface area contributed by atoms with E-state index in [1.807, 2.05) is 6.92 Å². The van der Waals surface area contributed by atoms with Gasteiger partial charge in [-0.05, 0) is 48.9 Å². The lowest BCUT2D eigenvalue weighted by atomic mass is 10.2. The van der Waals surface area contributed by atoms with Gasteiger partial charge in [0.2, 0.25) is 20.8 Å². The minimum atomic E-state index is -3.53. The van der Waals surface area contributed by atoms with Crippen molar-refractivity contribution in [2.75, 3.05) is 5.84 Å². The molecular weight excluding hydrogens is 408 g/mol. The number of aromatic nitrogens is 3. The zero-order valence-electron chi connectivity index (χ0n) is 15.5. The van der Waals surface area contributed by atoms with Crippen LogP contribution in [0.1, 0.15) is 11.1 Å². The van der Waals surface area contributed by atoms with Crippen LogP contribution in [-0.2, 0) is 15.6 Å². The largest absolute Gasteiger partial charge is 0.461 e. The first-order valence-corrected chi connectivity index (χ1v) is 11.2. The fourth-order valence-electron chi connectivity index (χ4n) is 2.72. The summed E-state index contributed by atoms with van der Waals surface area (Å²) in [6.07, 6.45) is 1.54. The molecule has 0 bridgehead atoms. The Morgan fingerprint density at radius 2 is 1.66 bits per heavy atom. The lowest BCUT2D eigenvalue weighted by Gasteiger charge is -2.07. The number of furan rings is 1. The standard InChI is InChI=1S/C20H18N4O3S2/c1-14-4-8-16(9-5-14)29(25,26)17-10-6-15(7-11-17)13-28-20-23-22-19(24(20)21)18-3-2-12-27-18/h2-12H,13,21H2,1H3. The molecule has 2 aromatic heterocycles. The summed E-state index contributed by atoms with van der Waals surface area (Å²) < 4.78 is 32.2. The molecule has 0 saturated carbocycles. The monoisotopic (exact) mass is 426 g/mol. The fraction of sp³-hybridized carbons (Fsp3) is 0.100. The maximum Gasteiger partial charge on any atom is 0.218 e. The van der Waals surface area contributed by atoms with E-state index in [9.17, 15) is 8.42 Å². The first kappa shape index (κ1) is 19.3. The van der Waals surface area contributed by atoms with E-state index in [0.29, 0.717) is 22.5 Å². The molecule has 2 heterocycles. The van der Waals surface area contributed by atoms with Gasteiger partial charge in [-0.1, -0.05) is 41.6 Å². The van der Waals surface area contributed by atoms with Gasteiger partial charge in [0, 0.05) is 5.75 Å². The Balaban J connectivity index is 1.47. The third kappa shape index (κ3) is 3.92. The number of hydrogen-bond acceptors (Lipinski definition) is 7. The van der Waals surface area contributed by atoms with Crippen LogP contribution in [0.15, 0.2) is 86.3 Å². The van der Waals surface area contributed by atoms with Crippen molar-refractivity contribution in [3.05, 3.63) is 78.1 Å². The van der Waals surface area contributed by atoms with Gasteiger partial charge in [-0.2, -0.15) is 0 Å². The average Bonchev–Trinajstić information content (AvgIpc) is 3.37. The first-order valence-electron chi connectivity index (χ1n) is 8.73. The van der Waals surface area contributed by atoms with Crippen LogP contribution in [0.5, 0.6) is 0 Å². The van der Waals surface area contributed by atoms with Crippen LogP contribution in [0.4, 0.5) is 0 Å². The first-order chi connectivity index (χ1) is 13.9. The van der Waals surface area contributed by atoms with E-state index in [0.717, 1.165) is 11.1 Å². The molecule has 4 aromatic rings. The highest BCUT2D eigenvalue weighted by atomic mass is 32.2. The minimum Gasteiger partial charge on any atom is -0.461 e. The van der Waals surface area contributed by atoms with Crippen molar-refractivity contribution >= 4 is 21.6 Å². The summed E-state index contributed by atoms with van der Waals surface area (Å²) in [5, 5.41) is 8.67. The number of benzene rings is 2. The number of thioether (sulfide) groups is 1. The van der Waals surface area contributed by atoms with Crippen molar-refractivity contribution in [2.24, 2.45) is 0 Å². The lowest BCUT2D eigenvalue weighted by molar-refractivity contribution is 0.574. The molecule has 0 amide bonds. The third-order valence-electron chi connectivity index (χ3n) is 4.34. The second-order valence-corrected chi connectivity index (χ2v) is 9.29.